The second-order valence-corrected chi connectivity index (χ2v) is 6.65. The van der Waals surface area contributed by atoms with E-state index < -0.39 is 0 Å². The molecule has 1 heterocycles. The highest BCUT2D eigenvalue weighted by Gasteiger charge is 2.13. The van der Waals surface area contributed by atoms with Gasteiger partial charge < -0.3 is 4.98 Å². The topological polar surface area (TPSA) is 28.7 Å². The van der Waals surface area contributed by atoms with Gasteiger partial charge in [0.15, 0.2) is 0 Å². The second kappa shape index (κ2) is 6.47. The molecule has 1 aliphatic rings. The summed E-state index contributed by atoms with van der Waals surface area (Å²) in [6, 6.07) is 5.55. The molecule has 5 heteroatoms. The molecule has 0 saturated heterocycles. The molecule has 0 fully saturated rings. The molecule has 3 rings (SSSR count). The molecule has 110 valence electrons. The van der Waals surface area contributed by atoms with Crippen molar-refractivity contribution in [3.63, 3.8) is 0 Å². The van der Waals surface area contributed by atoms with E-state index in [1.54, 1.807) is 6.07 Å². The van der Waals surface area contributed by atoms with Crippen LogP contribution in [0, 0.1) is 4.64 Å². The predicted octanol–water partition coefficient (Wildman–Crippen LogP) is 5.31. The lowest BCUT2D eigenvalue weighted by Crippen LogP contribution is -2.05. The van der Waals surface area contributed by atoms with E-state index in [2.05, 4.69) is 9.97 Å². The van der Waals surface area contributed by atoms with E-state index in [0.29, 0.717) is 16.5 Å². The Bertz CT molecular complexity index is 725. The van der Waals surface area contributed by atoms with E-state index in [1.807, 2.05) is 12.1 Å². The largest absolute Gasteiger partial charge is 0.347 e. The molecule has 0 bridgehead atoms. The summed E-state index contributed by atoms with van der Waals surface area (Å²) in [5.41, 5.74) is 3.49. The smallest absolute Gasteiger partial charge is 0.133 e. The van der Waals surface area contributed by atoms with Crippen LogP contribution in [0.15, 0.2) is 18.2 Å². The zero-order valence-corrected chi connectivity index (χ0v) is 13.9. The van der Waals surface area contributed by atoms with Crippen LogP contribution in [0.25, 0.3) is 0 Å². The van der Waals surface area contributed by atoms with Crippen LogP contribution in [-0.4, -0.2) is 9.97 Å². The summed E-state index contributed by atoms with van der Waals surface area (Å²) in [4.78, 5) is 8.02. The zero-order chi connectivity index (χ0) is 14.8. The first-order valence-electron chi connectivity index (χ1n) is 7.18. The van der Waals surface area contributed by atoms with Crippen molar-refractivity contribution in [2.75, 3.05) is 0 Å². The van der Waals surface area contributed by atoms with Gasteiger partial charge in [-0.2, -0.15) is 0 Å². The van der Waals surface area contributed by atoms with Crippen molar-refractivity contribution < 1.29 is 0 Å². The standard InChI is InChI=1S/C16H16Cl2N2S/c17-11-7-6-10(13(18)9-11)8-15-19-14-5-3-1-2-4-12(14)16(21)20-15/h6-7,9H,1-5,8H2,(H,19,20,21). The first-order chi connectivity index (χ1) is 10.1. The molecule has 0 saturated carbocycles. The molecule has 21 heavy (non-hydrogen) atoms. The number of benzene rings is 1. The summed E-state index contributed by atoms with van der Waals surface area (Å²) in [5.74, 6) is 0.880. The first kappa shape index (κ1) is 15.0. The van der Waals surface area contributed by atoms with Gasteiger partial charge in [0.25, 0.3) is 0 Å². The Balaban J connectivity index is 1.94. The Labute approximate surface area is 139 Å². The molecule has 0 aliphatic heterocycles. The highest BCUT2D eigenvalue weighted by Crippen LogP contribution is 2.24. The van der Waals surface area contributed by atoms with Crippen molar-refractivity contribution in [1.29, 1.82) is 0 Å². The molecular weight excluding hydrogens is 323 g/mol. The molecule has 0 amide bonds. The van der Waals surface area contributed by atoms with Gasteiger partial charge in [0.05, 0.1) is 0 Å². The second-order valence-electron chi connectivity index (χ2n) is 5.42. The van der Waals surface area contributed by atoms with Crippen LogP contribution < -0.4 is 0 Å². The zero-order valence-electron chi connectivity index (χ0n) is 11.6. The van der Waals surface area contributed by atoms with E-state index in [4.69, 9.17) is 35.4 Å². The number of hydrogen-bond acceptors (Lipinski definition) is 2. The van der Waals surface area contributed by atoms with Gasteiger partial charge in [-0.15, -0.1) is 0 Å². The van der Waals surface area contributed by atoms with Crippen LogP contribution in [0.3, 0.4) is 0 Å². The van der Waals surface area contributed by atoms with Crippen LogP contribution in [0.2, 0.25) is 10.0 Å². The molecule has 0 unspecified atom stereocenters. The number of H-pyrrole nitrogens is 1. The molecule has 0 radical (unpaired) electrons. The number of nitrogens with zero attached hydrogens (tertiary/aromatic N) is 1. The number of aromatic amines is 1. The Morgan fingerprint density at radius 3 is 2.76 bits per heavy atom. The van der Waals surface area contributed by atoms with Crippen molar-refractivity contribution in [3.8, 4) is 0 Å². The number of aryl methyl sites for hydroxylation is 1. The molecular formula is C16H16Cl2N2S. The highest BCUT2D eigenvalue weighted by molar-refractivity contribution is 7.71. The summed E-state index contributed by atoms with van der Waals surface area (Å²) < 4.78 is 0.741. The lowest BCUT2D eigenvalue weighted by molar-refractivity contribution is 0.708. The quantitative estimate of drug-likeness (QED) is 0.594. The molecule has 1 aromatic heterocycles. The van der Waals surface area contributed by atoms with Gasteiger partial charge >= 0.3 is 0 Å². The van der Waals surface area contributed by atoms with Crippen molar-refractivity contribution in [3.05, 3.63) is 55.5 Å². The van der Waals surface area contributed by atoms with Crippen LogP contribution in [0.5, 0.6) is 0 Å². The maximum Gasteiger partial charge on any atom is 0.133 e. The Hall–Kier alpha value is -0.900. The molecule has 2 nitrogen and oxygen atoms in total. The number of fused-ring (bicyclic) bond motifs is 1. The lowest BCUT2D eigenvalue weighted by Gasteiger charge is -2.10. The van der Waals surface area contributed by atoms with E-state index in [-0.39, 0.29) is 0 Å². The van der Waals surface area contributed by atoms with Crippen molar-refractivity contribution in [2.45, 2.75) is 38.5 Å². The van der Waals surface area contributed by atoms with E-state index >= 15 is 0 Å². The average Bonchev–Trinajstić information content (AvgIpc) is 2.68. The summed E-state index contributed by atoms with van der Waals surface area (Å²) in [6.07, 6.45) is 6.42. The summed E-state index contributed by atoms with van der Waals surface area (Å²) in [7, 11) is 0. The van der Waals surface area contributed by atoms with Gasteiger partial charge in [-0.3, -0.25) is 0 Å². The maximum atomic E-state index is 6.24. The fourth-order valence-corrected chi connectivity index (χ4v) is 3.59. The first-order valence-corrected chi connectivity index (χ1v) is 8.35. The number of hydrogen-bond donors (Lipinski definition) is 1. The van der Waals surface area contributed by atoms with Gasteiger partial charge in [0, 0.05) is 27.7 Å². The van der Waals surface area contributed by atoms with Gasteiger partial charge in [-0.25, -0.2) is 4.98 Å². The van der Waals surface area contributed by atoms with Crippen LogP contribution in [-0.2, 0) is 19.3 Å². The third-order valence-corrected chi connectivity index (χ3v) is 4.81. The molecule has 1 aromatic carbocycles. The molecule has 1 aliphatic carbocycles. The number of rotatable bonds is 2. The Kier molecular flexibility index (Phi) is 4.63. The minimum Gasteiger partial charge on any atom is -0.347 e. The number of halogens is 2. The van der Waals surface area contributed by atoms with E-state index in [1.165, 1.54) is 30.5 Å². The van der Waals surface area contributed by atoms with Crippen molar-refractivity contribution >= 4 is 35.4 Å². The summed E-state index contributed by atoms with van der Waals surface area (Å²) >= 11 is 17.6. The van der Waals surface area contributed by atoms with Crippen molar-refractivity contribution in [2.24, 2.45) is 0 Å². The highest BCUT2D eigenvalue weighted by atomic mass is 35.5. The number of aromatic nitrogens is 2. The van der Waals surface area contributed by atoms with E-state index in [0.717, 1.165) is 28.9 Å². The Morgan fingerprint density at radius 1 is 1.14 bits per heavy atom. The van der Waals surface area contributed by atoms with Gasteiger partial charge in [0.2, 0.25) is 0 Å². The number of nitrogens with one attached hydrogen (secondary N) is 1. The van der Waals surface area contributed by atoms with Crippen LogP contribution in [0.4, 0.5) is 0 Å². The molecule has 0 atom stereocenters. The van der Waals surface area contributed by atoms with Gasteiger partial charge in [-0.1, -0.05) is 47.9 Å². The van der Waals surface area contributed by atoms with Crippen molar-refractivity contribution in [1.82, 2.24) is 9.97 Å². The minimum absolute atomic E-state index is 0.645. The van der Waals surface area contributed by atoms with Crippen LogP contribution in [0.1, 0.15) is 41.9 Å². The molecule has 1 N–H and O–H groups in total. The third kappa shape index (κ3) is 3.47. The monoisotopic (exact) mass is 338 g/mol. The fourth-order valence-electron chi connectivity index (χ4n) is 2.78. The SMILES string of the molecule is S=c1nc(Cc2ccc(Cl)cc2Cl)[nH]c2c1CCCCC2. The molecule has 2 aromatic rings. The average molecular weight is 339 g/mol. The normalized spacial score (nSPS) is 14.6. The minimum atomic E-state index is 0.645. The Morgan fingerprint density at radius 2 is 1.95 bits per heavy atom. The van der Waals surface area contributed by atoms with Crippen LogP contribution >= 0.6 is 35.4 Å². The summed E-state index contributed by atoms with van der Waals surface area (Å²) in [6.45, 7) is 0. The lowest BCUT2D eigenvalue weighted by atomic mass is 10.1. The fraction of sp³-hybridized carbons (Fsp3) is 0.375. The third-order valence-electron chi connectivity index (χ3n) is 3.88. The maximum absolute atomic E-state index is 6.24. The van der Waals surface area contributed by atoms with E-state index in [9.17, 15) is 0 Å². The predicted molar refractivity (Wildman–Crippen MR) is 89.9 cm³/mol. The van der Waals surface area contributed by atoms with Gasteiger partial charge in [0.1, 0.15) is 10.5 Å². The molecule has 0 spiro atoms. The van der Waals surface area contributed by atoms with Gasteiger partial charge in [-0.05, 0) is 43.4 Å². The summed E-state index contributed by atoms with van der Waals surface area (Å²) in [5, 5.41) is 1.31.